The Hall–Kier alpha value is -2.29. The topological polar surface area (TPSA) is 38.3 Å². The van der Waals surface area contributed by atoms with Crippen molar-refractivity contribution in [3.05, 3.63) is 59.7 Å². The van der Waals surface area contributed by atoms with Crippen molar-refractivity contribution in [1.82, 2.24) is 0 Å². The lowest BCUT2D eigenvalue weighted by atomic mass is 10.1. The molecule has 1 amide bonds. The minimum Gasteiger partial charge on any atom is -0.481 e. The molecule has 0 saturated carbocycles. The van der Waals surface area contributed by atoms with Crippen LogP contribution in [-0.2, 0) is 4.79 Å². The molecule has 0 aliphatic rings. The van der Waals surface area contributed by atoms with E-state index in [1.54, 1.807) is 0 Å². The van der Waals surface area contributed by atoms with Crippen LogP contribution in [0.2, 0.25) is 0 Å². The van der Waals surface area contributed by atoms with Gasteiger partial charge in [-0.2, -0.15) is 0 Å². The zero-order valence-corrected chi connectivity index (χ0v) is 12.7. The summed E-state index contributed by atoms with van der Waals surface area (Å²) in [4.78, 5) is 12.4. The molecule has 2 rings (SSSR count). The minimum absolute atomic E-state index is 0.116. The molecule has 0 saturated heterocycles. The summed E-state index contributed by atoms with van der Waals surface area (Å²) < 4.78 is 5.76. The number of carbonyl (C=O) groups is 1. The second-order valence-corrected chi connectivity index (χ2v) is 5.06. The average molecular weight is 283 g/mol. The number of hydrogen-bond acceptors (Lipinski definition) is 2. The molecule has 0 fully saturated rings. The molecule has 0 aliphatic heterocycles. The van der Waals surface area contributed by atoms with Crippen LogP contribution in [0.25, 0.3) is 0 Å². The number of aryl methyl sites for hydroxylation is 1. The third-order valence-electron chi connectivity index (χ3n) is 3.55. The Labute approximate surface area is 126 Å². The van der Waals surface area contributed by atoms with Crippen LogP contribution in [0.5, 0.6) is 5.75 Å². The van der Waals surface area contributed by atoms with Crippen LogP contribution in [0.3, 0.4) is 0 Å². The first-order valence-electron chi connectivity index (χ1n) is 7.20. The van der Waals surface area contributed by atoms with E-state index < -0.39 is 6.10 Å². The first kappa shape index (κ1) is 15.1. The van der Waals surface area contributed by atoms with Crippen molar-refractivity contribution in [2.24, 2.45) is 0 Å². The maximum absolute atomic E-state index is 12.4. The molecule has 0 heterocycles. The molecule has 2 aromatic carbocycles. The van der Waals surface area contributed by atoms with Crippen molar-refractivity contribution in [1.29, 1.82) is 0 Å². The van der Waals surface area contributed by atoms with Crippen LogP contribution in [0.1, 0.15) is 24.5 Å². The molecule has 3 nitrogen and oxygen atoms in total. The normalized spacial score (nSPS) is 11.8. The molecule has 0 radical (unpaired) electrons. The summed E-state index contributed by atoms with van der Waals surface area (Å²) in [5.41, 5.74) is 3.08. The number of anilines is 1. The van der Waals surface area contributed by atoms with E-state index in [2.05, 4.69) is 5.32 Å². The zero-order valence-electron chi connectivity index (χ0n) is 12.7. The van der Waals surface area contributed by atoms with E-state index in [0.717, 1.165) is 16.8 Å². The van der Waals surface area contributed by atoms with Gasteiger partial charge >= 0.3 is 0 Å². The van der Waals surface area contributed by atoms with Gasteiger partial charge in [-0.25, -0.2) is 0 Å². The van der Waals surface area contributed by atoms with Crippen LogP contribution in [0.4, 0.5) is 5.69 Å². The lowest BCUT2D eigenvalue weighted by Gasteiger charge is -2.18. The smallest absolute Gasteiger partial charge is 0.265 e. The van der Waals surface area contributed by atoms with Crippen molar-refractivity contribution in [3.8, 4) is 5.75 Å². The van der Waals surface area contributed by atoms with Crippen LogP contribution in [0.15, 0.2) is 48.5 Å². The van der Waals surface area contributed by atoms with Gasteiger partial charge in [-0.1, -0.05) is 37.3 Å². The third kappa shape index (κ3) is 3.85. The van der Waals surface area contributed by atoms with Gasteiger partial charge in [0.1, 0.15) is 5.75 Å². The summed E-state index contributed by atoms with van der Waals surface area (Å²) in [6.07, 6.45) is 0.123. The van der Waals surface area contributed by atoms with Crippen molar-refractivity contribution in [2.75, 3.05) is 5.32 Å². The zero-order chi connectivity index (χ0) is 15.2. The molecule has 0 aliphatic carbocycles. The van der Waals surface area contributed by atoms with Gasteiger partial charge in [0.25, 0.3) is 5.91 Å². The summed E-state index contributed by atoms with van der Waals surface area (Å²) >= 11 is 0. The standard InChI is InChI=1S/C18H21NO2/c1-4-17(21-15-10-6-5-7-11-15)18(20)19-16-12-8-9-13(2)14(16)3/h5-12,17H,4H2,1-3H3,(H,19,20). The average Bonchev–Trinajstić information content (AvgIpc) is 2.50. The van der Waals surface area contributed by atoms with E-state index in [4.69, 9.17) is 4.74 Å². The highest BCUT2D eigenvalue weighted by Crippen LogP contribution is 2.19. The van der Waals surface area contributed by atoms with Crippen molar-refractivity contribution in [3.63, 3.8) is 0 Å². The number of para-hydroxylation sites is 1. The summed E-state index contributed by atoms with van der Waals surface area (Å²) in [5, 5.41) is 2.96. The predicted molar refractivity (Wildman–Crippen MR) is 85.7 cm³/mol. The lowest BCUT2D eigenvalue weighted by molar-refractivity contribution is -0.122. The molecular weight excluding hydrogens is 262 g/mol. The first-order chi connectivity index (χ1) is 10.1. The van der Waals surface area contributed by atoms with Crippen LogP contribution >= 0.6 is 0 Å². The fraction of sp³-hybridized carbons (Fsp3) is 0.278. The molecule has 1 unspecified atom stereocenters. The van der Waals surface area contributed by atoms with E-state index >= 15 is 0 Å². The highest BCUT2D eigenvalue weighted by Gasteiger charge is 2.19. The predicted octanol–water partition coefficient (Wildman–Crippen LogP) is 4.10. The molecule has 2 aromatic rings. The molecule has 21 heavy (non-hydrogen) atoms. The quantitative estimate of drug-likeness (QED) is 0.897. The molecule has 3 heteroatoms. The van der Waals surface area contributed by atoms with Crippen molar-refractivity contribution in [2.45, 2.75) is 33.3 Å². The second kappa shape index (κ2) is 6.93. The van der Waals surface area contributed by atoms with Crippen LogP contribution < -0.4 is 10.1 Å². The highest BCUT2D eigenvalue weighted by molar-refractivity contribution is 5.95. The van der Waals surface area contributed by atoms with Gasteiger partial charge in [-0.3, -0.25) is 4.79 Å². The van der Waals surface area contributed by atoms with Gasteiger partial charge in [0.15, 0.2) is 6.10 Å². The monoisotopic (exact) mass is 283 g/mol. The maximum atomic E-state index is 12.4. The van der Waals surface area contributed by atoms with E-state index in [9.17, 15) is 4.79 Å². The van der Waals surface area contributed by atoms with Gasteiger partial charge in [-0.15, -0.1) is 0 Å². The summed E-state index contributed by atoms with van der Waals surface area (Å²) in [6, 6.07) is 15.3. The SMILES string of the molecule is CCC(Oc1ccccc1)C(=O)Nc1cccc(C)c1C. The highest BCUT2D eigenvalue weighted by atomic mass is 16.5. The largest absolute Gasteiger partial charge is 0.481 e. The van der Waals surface area contributed by atoms with Crippen LogP contribution in [-0.4, -0.2) is 12.0 Å². The van der Waals surface area contributed by atoms with E-state index in [1.807, 2.05) is 69.3 Å². The number of ether oxygens (including phenoxy) is 1. The number of rotatable bonds is 5. The molecule has 1 N–H and O–H groups in total. The minimum atomic E-state index is -0.493. The Morgan fingerprint density at radius 1 is 1.10 bits per heavy atom. The first-order valence-corrected chi connectivity index (χ1v) is 7.20. The lowest BCUT2D eigenvalue weighted by Crippen LogP contribution is -2.32. The van der Waals surface area contributed by atoms with E-state index in [1.165, 1.54) is 0 Å². The van der Waals surface area contributed by atoms with Gasteiger partial charge in [0, 0.05) is 5.69 Å². The van der Waals surface area contributed by atoms with Crippen LogP contribution in [0, 0.1) is 13.8 Å². The number of hydrogen-bond donors (Lipinski definition) is 1. The number of carbonyl (C=O) groups excluding carboxylic acids is 1. The number of nitrogens with one attached hydrogen (secondary N) is 1. The van der Waals surface area contributed by atoms with E-state index in [-0.39, 0.29) is 5.91 Å². The van der Waals surface area contributed by atoms with Gasteiger partial charge in [0.05, 0.1) is 0 Å². The maximum Gasteiger partial charge on any atom is 0.265 e. The van der Waals surface area contributed by atoms with Gasteiger partial charge in [-0.05, 0) is 49.6 Å². The Bertz CT molecular complexity index is 608. The van der Waals surface area contributed by atoms with E-state index in [0.29, 0.717) is 12.2 Å². The molecule has 0 aromatic heterocycles. The third-order valence-corrected chi connectivity index (χ3v) is 3.55. The molecule has 0 bridgehead atoms. The molecule has 0 spiro atoms. The molecular formula is C18H21NO2. The summed E-state index contributed by atoms with van der Waals surface area (Å²) in [5.74, 6) is 0.593. The Kier molecular flexibility index (Phi) is 4.99. The fourth-order valence-electron chi connectivity index (χ4n) is 2.09. The Balaban J connectivity index is 2.08. The number of amides is 1. The molecule has 110 valence electrons. The molecule has 1 atom stereocenters. The fourth-order valence-corrected chi connectivity index (χ4v) is 2.09. The van der Waals surface area contributed by atoms with Crippen molar-refractivity contribution >= 4 is 11.6 Å². The van der Waals surface area contributed by atoms with Crippen molar-refractivity contribution < 1.29 is 9.53 Å². The Morgan fingerprint density at radius 3 is 2.48 bits per heavy atom. The van der Waals surface area contributed by atoms with Gasteiger partial charge < -0.3 is 10.1 Å². The van der Waals surface area contributed by atoms with Gasteiger partial charge in [0.2, 0.25) is 0 Å². The Morgan fingerprint density at radius 2 is 1.81 bits per heavy atom. The second-order valence-electron chi connectivity index (χ2n) is 5.06. The number of benzene rings is 2. The summed E-state index contributed by atoms with van der Waals surface area (Å²) in [7, 11) is 0. The summed E-state index contributed by atoms with van der Waals surface area (Å²) in [6.45, 7) is 5.98.